The van der Waals surface area contributed by atoms with Crippen molar-refractivity contribution in [2.24, 2.45) is 0 Å². The number of hydrogen-bond acceptors (Lipinski definition) is 4. The van der Waals surface area contributed by atoms with E-state index in [0.717, 1.165) is 34.9 Å². The fourth-order valence-corrected chi connectivity index (χ4v) is 3.51. The third-order valence-corrected chi connectivity index (χ3v) is 4.95. The number of rotatable bonds is 5. The van der Waals surface area contributed by atoms with Crippen molar-refractivity contribution in [2.75, 3.05) is 13.7 Å². The van der Waals surface area contributed by atoms with Gasteiger partial charge in [0, 0.05) is 31.2 Å². The topological polar surface area (TPSA) is 40.6 Å². The van der Waals surface area contributed by atoms with E-state index in [-0.39, 0.29) is 18.0 Å². The molecule has 0 amide bonds. The van der Waals surface area contributed by atoms with Crippen molar-refractivity contribution in [1.29, 1.82) is 0 Å². The van der Waals surface area contributed by atoms with Crippen molar-refractivity contribution in [1.82, 2.24) is 4.98 Å². The molecule has 2 unspecified atom stereocenters. The SMILES string of the molecule is COC1CC(c2cc(F)cc(OCc3ccc4ncccc4c3)c2)CCO1. The monoisotopic (exact) mass is 367 g/mol. The highest BCUT2D eigenvalue weighted by Crippen LogP contribution is 2.33. The number of methoxy groups -OCH3 is 1. The maximum atomic E-state index is 14.1. The minimum atomic E-state index is -0.286. The Kier molecular flexibility index (Phi) is 5.32. The molecule has 2 heterocycles. The van der Waals surface area contributed by atoms with E-state index < -0.39 is 0 Å². The van der Waals surface area contributed by atoms with Crippen LogP contribution in [-0.2, 0) is 16.1 Å². The molecule has 2 aromatic carbocycles. The molecule has 4 rings (SSSR count). The molecule has 1 aliphatic heterocycles. The standard InChI is InChI=1S/C22H22FNO3/c1-25-22-12-16(6-8-26-22)18-10-19(23)13-20(11-18)27-14-15-4-5-21-17(9-15)3-2-7-24-21/h2-5,7,9-11,13,16,22H,6,8,12,14H2,1H3. The summed E-state index contributed by atoms with van der Waals surface area (Å²) in [6.45, 7) is 0.989. The molecule has 0 saturated carbocycles. The number of benzene rings is 2. The molecule has 140 valence electrons. The highest BCUT2D eigenvalue weighted by atomic mass is 19.1. The molecule has 1 fully saturated rings. The normalized spacial score (nSPS) is 19.9. The highest BCUT2D eigenvalue weighted by Gasteiger charge is 2.24. The smallest absolute Gasteiger partial charge is 0.157 e. The van der Waals surface area contributed by atoms with Gasteiger partial charge in [-0.1, -0.05) is 12.1 Å². The zero-order valence-corrected chi connectivity index (χ0v) is 15.2. The Morgan fingerprint density at radius 2 is 2.11 bits per heavy atom. The van der Waals surface area contributed by atoms with Gasteiger partial charge in [-0.05, 0) is 53.8 Å². The number of ether oxygens (including phenoxy) is 3. The first-order valence-electron chi connectivity index (χ1n) is 9.12. The lowest BCUT2D eigenvalue weighted by molar-refractivity contribution is -0.150. The van der Waals surface area contributed by atoms with Gasteiger partial charge in [0.25, 0.3) is 0 Å². The van der Waals surface area contributed by atoms with Crippen molar-refractivity contribution in [3.8, 4) is 5.75 Å². The summed E-state index contributed by atoms with van der Waals surface area (Å²) in [5.41, 5.74) is 2.89. The average Bonchev–Trinajstić information content (AvgIpc) is 2.72. The summed E-state index contributed by atoms with van der Waals surface area (Å²) in [5, 5.41) is 1.06. The van der Waals surface area contributed by atoms with E-state index in [1.165, 1.54) is 6.07 Å². The maximum absolute atomic E-state index is 14.1. The Labute approximate surface area is 157 Å². The van der Waals surface area contributed by atoms with E-state index in [2.05, 4.69) is 4.98 Å². The van der Waals surface area contributed by atoms with Crippen LogP contribution in [0.3, 0.4) is 0 Å². The first-order chi connectivity index (χ1) is 13.2. The van der Waals surface area contributed by atoms with Crippen molar-refractivity contribution < 1.29 is 18.6 Å². The molecule has 1 aromatic heterocycles. The van der Waals surface area contributed by atoms with Crippen LogP contribution in [0.1, 0.15) is 29.9 Å². The molecule has 0 N–H and O–H groups in total. The summed E-state index contributed by atoms with van der Waals surface area (Å²) in [4.78, 5) is 4.32. The van der Waals surface area contributed by atoms with E-state index in [4.69, 9.17) is 14.2 Å². The predicted octanol–water partition coefficient (Wildman–Crippen LogP) is 4.82. The molecular formula is C22H22FNO3. The van der Waals surface area contributed by atoms with Gasteiger partial charge < -0.3 is 14.2 Å². The van der Waals surface area contributed by atoms with Crippen LogP contribution in [0, 0.1) is 5.82 Å². The Hall–Kier alpha value is -2.50. The second-order valence-electron chi connectivity index (χ2n) is 6.80. The molecule has 27 heavy (non-hydrogen) atoms. The van der Waals surface area contributed by atoms with Crippen LogP contribution in [0.5, 0.6) is 5.75 Å². The van der Waals surface area contributed by atoms with Crippen molar-refractivity contribution in [2.45, 2.75) is 31.7 Å². The first kappa shape index (κ1) is 17.9. The molecule has 0 aliphatic carbocycles. The Morgan fingerprint density at radius 3 is 3.00 bits per heavy atom. The zero-order valence-electron chi connectivity index (χ0n) is 15.2. The van der Waals surface area contributed by atoms with Crippen LogP contribution in [-0.4, -0.2) is 25.0 Å². The summed E-state index contributed by atoms with van der Waals surface area (Å²) in [6.07, 6.45) is 3.11. The first-order valence-corrected chi connectivity index (χ1v) is 9.12. The van der Waals surface area contributed by atoms with Gasteiger partial charge in [0.1, 0.15) is 18.2 Å². The zero-order chi connectivity index (χ0) is 18.6. The fraction of sp³-hybridized carbons (Fsp3) is 0.318. The van der Waals surface area contributed by atoms with Crippen molar-refractivity contribution in [3.05, 3.63) is 71.7 Å². The van der Waals surface area contributed by atoms with E-state index in [1.807, 2.05) is 36.4 Å². The lowest BCUT2D eigenvalue weighted by atomic mass is 9.91. The van der Waals surface area contributed by atoms with Gasteiger partial charge in [-0.25, -0.2) is 4.39 Å². The van der Waals surface area contributed by atoms with E-state index in [0.29, 0.717) is 19.0 Å². The summed E-state index contributed by atoms with van der Waals surface area (Å²) in [6, 6.07) is 14.9. The van der Waals surface area contributed by atoms with E-state index in [1.54, 1.807) is 19.4 Å². The lowest BCUT2D eigenvalue weighted by Crippen LogP contribution is -2.26. The molecule has 0 spiro atoms. The molecule has 0 radical (unpaired) electrons. The number of pyridine rings is 1. The largest absolute Gasteiger partial charge is 0.489 e. The van der Waals surface area contributed by atoms with Crippen molar-refractivity contribution in [3.63, 3.8) is 0 Å². The van der Waals surface area contributed by atoms with Gasteiger partial charge in [-0.15, -0.1) is 0 Å². The maximum Gasteiger partial charge on any atom is 0.157 e. The number of aromatic nitrogens is 1. The number of halogens is 1. The molecule has 2 atom stereocenters. The Morgan fingerprint density at radius 1 is 1.19 bits per heavy atom. The van der Waals surface area contributed by atoms with Crippen molar-refractivity contribution >= 4 is 10.9 Å². The third-order valence-electron chi connectivity index (χ3n) is 4.95. The van der Waals surface area contributed by atoms with Gasteiger partial charge in [-0.2, -0.15) is 0 Å². The van der Waals surface area contributed by atoms with Crippen LogP contribution in [0.15, 0.2) is 54.7 Å². The molecular weight excluding hydrogens is 345 g/mol. The minimum absolute atomic E-state index is 0.202. The van der Waals surface area contributed by atoms with Crippen LogP contribution in [0.2, 0.25) is 0 Å². The Balaban J connectivity index is 1.49. The molecule has 0 bridgehead atoms. The second-order valence-corrected chi connectivity index (χ2v) is 6.80. The van der Waals surface area contributed by atoms with Gasteiger partial charge in [0.2, 0.25) is 0 Å². The second kappa shape index (κ2) is 8.03. The molecule has 1 aliphatic rings. The lowest BCUT2D eigenvalue weighted by Gasteiger charge is -2.29. The summed E-state index contributed by atoms with van der Waals surface area (Å²) >= 11 is 0. The van der Waals surface area contributed by atoms with Gasteiger partial charge in [0.15, 0.2) is 6.29 Å². The quantitative estimate of drug-likeness (QED) is 0.648. The van der Waals surface area contributed by atoms with Gasteiger partial charge in [-0.3, -0.25) is 4.98 Å². The fourth-order valence-electron chi connectivity index (χ4n) is 3.51. The van der Waals surface area contributed by atoms with Crippen LogP contribution in [0.4, 0.5) is 4.39 Å². The van der Waals surface area contributed by atoms with Crippen LogP contribution in [0.25, 0.3) is 10.9 Å². The van der Waals surface area contributed by atoms with Crippen LogP contribution >= 0.6 is 0 Å². The molecule has 1 saturated heterocycles. The molecule has 4 nitrogen and oxygen atoms in total. The average molecular weight is 367 g/mol. The van der Waals surface area contributed by atoms with Gasteiger partial charge in [0.05, 0.1) is 12.1 Å². The highest BCUT2D eigenvalue weighted by molar-refractivity contribution is 5.78. The minimum Gasteiger partial charge on any atom is -0.489 e. The van der Waals surface area contributed by atoms with E-state index >= 15 is 0 Å². The summed E-state index contributed by atoms with van der Waals surface area (Å²) < 4.78 is 30.8. The van der Waals surface area contributed by atoms with Gasteiger partial charge >= 0.3 is 0 Å². The number of fused-ring (bicyclic) bond motifs is 1. The van der Waals surface area contributed by atoms with Crippen LogP contribution < -0.4 is 4.74 Å². The number of hydrogen-bond donors (Lipinski definition) is 0. The molecule has 5 heteroatoms. The summed E-state index contributed by atoms with van der Waals surface area (Å²) in [7, 11) is 1.63. The predicted molar refractivity (Wildman–Crippen MR) is 101 cm³/mol. The molecule has 3 aromatic rings. The summed E-state index contributed by atoms with van der Waals surface area (Å²) in [5.74, 6) is 0.455. The van der Waals surface area contributed by atoms with E-state index in [9.17, 15) is 4.39 Å². The Bertz CT molecular complexity index is 930. The third kappa shape index (κ3) is 4.26. The number of nitrogens with zero attached hydrogens (tertiary/aromatic N) is 1.